The van der Waals surface area contributed by atoms with Gasteiger partial charge in [0.1, 0.15) is 5.75 Å². The Morgan fingerprint density at radius 2 is 1.93 bits per heavy atom. The second kappa shape index (κ2) is 4.57. The fourth-order valence-corrected chi connectivity index (χ4v) is 1.51. The predicted molar refractivity (Wildman–Crippen MR) is 52.7 cm³/mol. The SMILES string of the molecule is NP(N)(=O)Nc1ccccc1OC(F)F. The first-order valence-corrected chi connectivity index (χ1v) is 5.72. The van der Waals surface area contributed by atoms with Gasteiger partial charge in [-0.2, -0.15) is 8.78 Å². The Bertz CT molecular complexity index is 382. The van der Waals surface area contributed by atoms with Crippen LogP contribution in [0.25, 0.3) is 0 Å². The Kier molecular flexibility index (Phi) is 3.62. The monoisotopic (exact) mass is 237 g/mol. The van der Waals surface area contributed by atoms with Gasteiger partial charge in [0.2, 0.25) is 0 Å². The van der Waals surface area contributed by atoms with Crippen molar-refractivity contribution in [1.29, 1.82) is 0 Å². The molecular formula is C7H10F2N3O2P. The van der Waals surface area contributed by atoms with E-state index in [1.807, 2.05) is 0 Å². The third kappa shape index (κ3) is 4.24. The molecule has 0 unspecified atom stereocenters. The minimum atomic E-state index is -3.53. The first-order valence-electron chi connectivity index (χ1n) is 3.88. The number of hydrogen-bond acceptors (Lipinski definition) is 2. The van der Waals surface area contributed by atoms with Crippen LogP contribution in [0.4, 0.5) is 14.5 Å². The van der Waals surface area contributed by atoms with Crippen LogP contribution in [0.1, 0.15) is 0 Å². The van der Waals surface area contributed by atoms with Crippen molar-refractivity contribution in [3.8, 4) is 5.75 Å². The van der Waals surface area contributed by atoms with Gasteiger partial charge in [0.25, 0.3) is 7.59 Å². The van der Waals surface area contributed by atoms with Gasteiger partial charge in [0.15, 0.2) is 0 Å². The highest BCUT2D eigenvalue weighted by Gasteiger charge is 2.13. The molecule has 0 aliphatic heterocycles. The van der Waals surface area contributed by atoms with E-state index in [9.17, 15) is 13.3 Å². The van der Waals surface area contributed by atoms with E-state index >= 15 is 0 Å². The van der Waals surface area contributed by atoms with Crippen molar-refractivity contribution >= 4 is 13.3 Å². The average Bonchev–Trinajstić information content (AvgIpc) is 2.05. The van der Waals surface area contributed by atoms with Crippen molar-refractivity contribution in [1.82, 2.24) is 0 Å². The van der Waals surface area contributed by atoms with Gasteiger partial charge in [-0.1, -0.05) is 12.1 Å². The maximum atomic E-state index is 12.0. The molecule has 0 saturated heterocycles. The number of hydrogen-bond donors (Lipinski definition) is 3. The molecule has 15 heavy (non-hydrogen) atoms. The highest BCUT2D eigenvalue weighted by atomic mass is 31.2. The van der Waals surface area contributed by atoms with E-state index < -0.39 is 14.2 Å². The molecule has 0 radical (unpaired) electrons. The lowest BCUT2D eigenvalue weighted by Crippen LogP contribution is -2.14. The predicted octanol–water partition coefficient (Wildman–Crippen LogP) is 1.73. The Morgan fingerprint density at radius 1 is 1.33 bits per heavy atom. The number of ether oxygens (including phenoxy) is 1. The summed E-state index contributed by atoms with van der Waals surface area (Å²) in [5, 5.41) is 2.21. The number of rotatable bonds is 4. The first kappa shape index (κ1) is 11.9. The summed E-state index contributed by atoms with van der Waals surface area (Å²) in [6.45, 7) is -2.97. The third-order valence-electron chi connectivity index (χ3n) is 1.40. The summed E-state index contributed by atoms with van der Waals surface area (Å²) in [5.74, 6) is -0.163. The Morgan fingerprint density at radius 3 is 2.47 bits per heavy atom. The zero-order chi connectivity index (χ0) is 11.5. The van der Waals surface area contributed by atoms with E-state index in [4.69, 9.17) is 11.0 Å². The second-order valence-corrected chi connectivity index (χ2v) is 4.34. The van der Waals surface area contributed by atoms with Gasteiger partial charge >= 0.3 is 6.61 Å². The van der Waals surface area contributed by atoms with Crippen molar-refractivity contribution in [3.63, 3.8) is 0 Å². The molecular weight excluding hydrogens is 227 g/mol. The molecule has 1 rings (SSSR count). The smallest absolute Gasteiger partial charge is 0.387 e. The maximum Gasteiger partial charge on any atom is 0.387 e. The fourth-order valence-electron chi connectivity index (χ4n) is 0.946. The number of para-hydroxylation sites is 2. The van der Waals surface area contributed by atoms with E-state index in [1.54, 1.807) is 0 Å². The second-order valence-electron chi connectivity index (χ2n) is 2.70. The topological polar surface area (TPSA) is 90.4 Å². The van der Waals surface area contributed by atoms with Crippen molar-refractivity contribution in [2.45, 2.75) is 6.61 Å². The number of anilines is 1. The van der Waals surface area contributed by atoms with E-state index in [0.717, 1.165) is 0 Å². The van der Waals surface area contributed by atoms with Gasteiger partial charge < -0.3 is 9.82 Å². The van der Waals surface area contributed by atoms with E-state index in [0.29, 0.717) is 0 Å². The molecule has 0 heterocycles. The number of nitrogens with one attached hydrogen (secondary N) is 1. The quantitative estimate of drug-likeness (QED) is 0.693. The molecule has 0 aliphatic carbocycles. The minimum Gasteiger partial charge on any atom is -0.433 e. The third-order valence-corrected chi connectivity index (χ3v) is 1.99. The Balaban J connectivity index is 2.91. The van der Waals surface area contributed by atoms with Crippen molar-refractivity contribution < 1.29 is 18.1 Å². The largest absolute Gasteiger partial charge is 0.433 e. The van der Waals surface area contributed by atoms with E-state index in [2.05, 4.69) is 9.82 Å². The molecule has 0 aliphatic rings. The van der Waals surface area contributed by atoms with Gasteiger partial charge in [0.05, 0.1) is 5.69 Å². The lowest BCUT2D eigenvalue weighted by atomic mass is 10.3. The molecule has 5 N–H and O–H groups in total. The number of halogens is 2. The molecule has 1 aromatic carbocycles. The average molecular weight is 237 g/mol. The van der Waals surface area contributed by atoms with Crippen LogP contribution in [-0.2, 0) is 4.57 Å². The summed E-state index contributed by atoms with van der Waals surface area (Å²) in [4.78, 5) is 0. The van der Waals surface area contributed by atoms with Crippen LogP contribution < -0.4 is 20.8 Å². The highest BCUT2D eigenvalue weighted by Crippen LogP contribution is 2.34. The van der Waals surface area contributed by atoms with Gasteiger partial charge in [-0.3, -0.25) is 15.6 Å². The summed E-state index contributed by atoms with van der Waals surface area (Å²) < 4.78 is 39.1. The molecule has 84 valence electrons. The lowest BCUT2D eigenvalue weighted by Gasteiger charge is -2.14. The van der Waals surface area contributed by atoms with Crippen LogP contribution in [0.15, 0.2) is 24.3 Å². The van der Waals surface area contributed by atoms with Crippen LogP contribution in [-0.4, -0.2) is 6.61 Å². The molecule has 8 heteroatoms. The summed E-state index contributed by atoms with van der Waals surface area (Å²) in [6, 6.07) is 5.69. The normalized spacial score (nSPS) is 11.5. The highest BCUT2D eigenvalue weighted by molar-refractivity contribution is 7.60. The fraction of sp³-hybridized carbons (Fsp3) is 0.143. The first-order chi connectivity index (χ1) is 6.88. The standard InChI is InChI=1S/C7H10F2N3O2P/c8-7(9)14-6-4-2-1-3-5(6)12-15(10,11)13/h1-4,7H,(H5,10,11,12,13). The molecule has 0 saturated carbocycles. The zero-order valence-electron chi connectivity index (χ0n) is 7.56. The van der Waals surface area contributed by atoms with E-state index in [1.165, 1.54) is 24.3 Å². The summed E-state index contributed by atoms with van der Waals surface area (Å²) in [7, 11) is -3.53. The molecule has 0 spiro atoms. The number of nitrogens with two attached hydrogens (primary N) is 2. The molecule has 0 fully saturated rings. The van der Waals surface area contributed by atoms with Gasteiger partial charge in [0, 0.05) is 0 Å². The lowest BCUT2D eigenvalue weighted by molar-refractivity contribution is -0.0493. The molecule has 0 amide bonds. The van der Waals surface area contributed by atoms with Gasteiger partial charge in [-0.15, -0.1) is 0 Å². The van der Waals surface area contributed by atoms with Crippen LogP contribution >= 0.6 is 7.59 Å². The van der Waals surface area contributed by atoms with Crippen LogP contribution in [0, 0.1) is 0 Å². The zero-order valence-corrected chi connectivity index (χ0v) is 8.46. The minimum absolute atomic E-state index is 0.0612. The van der Waals surface area contributed by atoms with Crippen LogP contribution in [0.5, 0.6) is 5.75 Å². The molecule has 5 nitrogen and oxygen atoms in total. The molecule has 1 aromatic rings. The molecule has 0 bridgehead atoms. The number of alkyl halides is 2. The summed E-state index contributed by atoms with van der Waals surface area (Å²) >= 11 is 0. The Labute approximate surface area is 84.9 Å². The number of benzene rings is 1. The van der Waals surface area contributed by atoms with Crippen LogP contribution in [0.3, 0.4) is 0 Å². The molecule has 0 aromatic heterocycles. The van der Waals surface area contributed by atoms with Gasteiger partial charge in [-0.05, 0) is 12.1 Å². The summed E-state index contributed by atoms with van der Waals surface area (Å²) in [5.41, 5.74) is 10.2. The van der Waals surface area contributed by atoms with Crippen molar-refractivity contribution in [3.05, 3.63) is 24.3 Å². The maximum absolute atomic E-state index is 12.0. The van der Waals surface area contributed by atoms with Crippen molar-refractivity contribution in [2.24, 2.45) is 11.0 Å². The Hall–Kier alpha value is -1.17. The molecule has 0 atom stereocenters. The van der Waals surface area contributed by atoms with Gasteiger partial charge in [-0.25, -0.2) is 0 Å². The van der Waals surface area contributed by atoms with E-state index in [-0.39, 0.29) is 11.4 Å². The van der Waals surface area contributed by atoms with Crippen molar-refractivity contribution in [2.75, 3.05) is 5.09 Å². The van der Waals surface area contributed by atoms with Crippen LogP contribution in [0.2, 0.25) is 0 Å². The summed E-state index contributed by atoms with van der Waals surface area (Å²) in [6.07, 6.45) is 0.